The average Bonchev–Trinajstić information content (AvgIpc) is 2.90. The topological polar surface area (TPSA) is 15.3 Å². The maximum atomic E-state index is 3.59. The van der Waals surface area contributed by atoms with Crippen molar-refractivity contribution in [2.75, 3.05) is 25.5 Å². The molecule has 1 aliphatic carbocycles. The summed E-state index contributed by atoms with van der Waals surface area (Å²) >= 11 is 0. The first-order chi connectivity index (χ1) is 9.65. The van der Waals surface area contributed by atoms with Gasteiger partial charge in [-0.15, -0.1) is 0 Å². The van der Waals surface area contributed by atoms with E-state index >= 15 is 0 Å². The fourth-order valence-corrected chi connectivity index (χ4v) is 4.46. The Hall–Kier alpha value is -1.28. The van der Waals surface area contributed by atoms with Crippen LogP contribution in [0.4, 0.5) is 5.69 Å². The molecule has 0 spiro atoms. The first-order valence-electron chi connectivity index (χ1n) is 7.93. The van der Waals surface area contributed by atoms with Crippen LogP contribution in [0, 0.1) is 11.8 Å². The van der Waals surface area contributed by atoms with E-state index in [0.717, 1.165) is 18.4 Å². The molecule has 1 N–H and O–H groups in total. The van der Waals surface area contributed by atoms with Crippen LogP contribution in [0.25, 0.3) is 6.08 Å². The van der Waals surface area contributed by atoms with E-state index in [9.17, 15) is 0 Å². The van der Waals surface area contributed by atoms with E-state index in [4.69, 9.17) is 0 Å². The molecule has 0 bridgehead atoms. The number of likely N-dealkylation sites (N-methyl/N-ethyl adjacent to an activating group) is 1. The van der Waals surface area contributed by atoms with E-state index in [1.165, 1.54) is 24.2 Å². The number of hydrogen-bond acceptors (Lipinski definition) is 2. The van der Waals surface area contributed by atoms with Crippen molar-refractivity contribution < 1.29 is 0 Å². The van der Waals surface area contributed by atoms with Gasteiger partial charge in [0.2, 0.25) is 0 Å². The molecule has 0 amide bonds. The van der Waals surface area contributed by atoms with Gasteiger partial charge in [-0.05, 0) is 48.1 Å². The van der Waals surface area contributed by atoms with Crippen LogP contribution in [0.1, 0.15) is 37.3 Å². The van der Waals surface area contributed by atoms with E-state index in [0.29, 0.717) is 12.0 Å². The van der Waals surface area contributed by atoms with Crippen LogP contribution in [0.5, 0.6) is 0 Å². The summed E-state index contributed by atoms with van der Waals surface area (Å²) in [6.07, 6.45) is 3.80. The standard InChI is InChI=1S/C18H24N2/c1-11(2)15-10-20(3)17-8-13-9-19-16-6-4-5-12(18(13)16)7-14(15)17/h4-7,11,13,15,17,19H,8-10H2,1-3H3. The minimum Gasteiger partial charge on any atom is -0.384 e. The number of benzene rings is 1. The first-order valence-corrected chi connectivity index (χ1v) is 7.93. The molecule has 3 aliphatic rings. The van der Waals surface area contributed by atoms with Crippen molar-refractivity contribution in [3.8, 4) is 0 Å². The number of nitrogens with zero attached hydrogens (tertiary/aromatic N) is 1. The van der Waals surface area contributed by atoms with Crippen molar-refractivity contribution in [1.82, 2.24) is 4.90 Å². The third kappa shape index (κ3) is 1.67. The molecule has 1 aromatic carbocycles. The van der Waals surface area contributed by atoms with Crippen molar-refractivity contribution in [3.05, 3.63) is 34.9 Å². The van der Waals surface area contributed by atoms with Gasteiger partial charge in [0.1, 0.15) is 0 Å². The molecular weight excluding hydrogens is 244 g/mol. The summed E-state index contributed by atoms with van der Waals surface area (Å²) in [4.78, 5) is 2.58. The smallest absolute Gasteiger partial charge is 0.0382 e. The zero-order valence-corrected chi connectivity index (χ0v) is 12.7. The molecule has 1 saturated heterocycles. The monoisotopic (exact) mass is 268 g/mol. The maximum Gasteiger partial charge on any atom is 0.0382 e. The molecule has 2 nitrogen and oxygen atoms in total. The van der Waals surface area contributed by atoms with Gasteiger partial charge < -0.3 is 5.32 Å². The summed E-state index contributed by atoms with van der Waals surface area (Å²) < 4.78 is 0. The normalized spacial score (nSPS) is 31.6. The van der Waals surface area contributed by atoms with Gasteiger partial charge in [0.15, 0.2) is 0 Å². The van der Waals surface area contributed by atoms with Gasteiger partial charge in [0, 0.05) is 30.7 Å². The minimum absolute atomic E-state index is 0.646. The lowest BCUT2D eigenvalue weighted by Crippen LogP contribution is -2.27. The van der Waals surface area contributed by atoms with Crippen LogP contribution in [0.3, 0.4) is 0 Å². The summed E-state index contributed by atoms with van der Waals surface area (Å²) in [6.45, 7) is 7.08. The van der Waals surface area contributed by atoms with Crippen LogP contribution >= 0.6 is 0 Å². The number of hydrogen-bond donors (Lipinski definition) is 1. The Bertz CT molecular complexity index is 573. The van der Waals surface area contributed by atoms with Gasteiger partial charge in [-0.3, -0.25) is 4.90 Å². The van der Waals surface area contributed by atoms with Crippen molar-refractivity contribution in [1.29, 1.82) is 0 Å². The zero-order valence-electron chi connectivity index (χ0n) is 12.7. The number of anilines is 1. The van der Waals surface area contributed by atoms with E-state index < -0.39 is 0 Å². The highest BCUT2D eigenvalue weighted by Gasteiger charge is 2.40. The second-order valence-electron chi connectivity index (χ2n) is 7.07. The second-order valence-corrected chi connectivity index (χ2v) is 7.07. The van der Waals surface area contributed by atoms with Crippen molar-refractivity contribution in [3.63, 3.8) is 0 Å². The lowest BCUT2D eigenvalue weighted by molar-refractivity contribution is 0.287. The molecule has 1 fully saturated rings. The molecule has 3 unspecified atom stereocenters. The SMILES string of the molecule is CC(C)C1CN(C)C2CC3CNc4cccc(c43)C=C12. The Morgan fingerprint density at radius 2 is 2.15 bits per heavy atom. The number of nitrogens with one attached hydrogen (secondary N) is 1. The van der Waals surface area contributed by atoms with E-state index in [2.05, 4.69) is 55.4 Å². The van der Waals surface area contributed by atoms with Gasteiger partial charge in [-0.25, -0.2) is 0 Å². The Morgan fingerprint density at radius 1 is 1.30 bits per heavy atom. The second kappa shape index (κ2) is 4.36. The summed E-state index contributed by atoms with van der Waals surface area (Å²) in [6, 6.07) is 7.39. The predicted molar refractivity (Wildman–Crippen MR) is 85.0 cm³/mol. The van der Waals surface area contributed by atoms with Crippen LogP contribution < -0.4 is 5.32 Å². The number of fused-ring (bicyclic) bond motifs is 1. The third-order valence-corrected chi connectivity index (χ3v) is 5.55. The lowest BCUT2D eigenvalue weighted by atomic mass is 9.86. The summed E-state index contributed by atoms with van der Waals surface area (Å²) in [5, 5.41) is 3.59. The Balaban J connectivity index is 1.85. The van der Waals surface area contributed by atoms with Crippen LogP contribution in [-0.4, -0.2) is 31.1 Å². The van der Waals surface area contributed by atoms with Gasteiger partial charge in [-0.1, -0.05) is 32.1 Å². The minimum atomic E-state index is 0.646. The van der Waals surface area contributed by atoms with Crippen LogP contribution in [0.2, 0.25) is 0 Å². The van der Waals surface area contributed by atoms with E-state index in [1.54, 1.807) is 11.1 Å². The average molecular weight is 268 g/mol. The molecule has 2 heterocycles. The quantitative estimate of drug-likeness (QED) is 0.837. The molecule has 0 saturated carbocycles. The molecule has 0 aromatic heterocycles. The Labute approximate surface area is 121 Å². The molecule has 4 rings (SSSR count). The molecule has 106 valence electrons. The van der Waals surface area contributed by atoms with Crippen molar-refractivity contribution >= 4 is 11.8 Å². The molecule has 2 heteroatoms. The fraction of sp³-hybridized carbons (Fsp3) is 0.556. The molecule has 20 heavy (non-hydrogen) atoms. The fourth-order valence-electron chi connectivity index (χ4n) is 4.46. The van der Waals surface area contributed by atoms with Gasteiger partial charge in [-0.2, -0.15) is 0 Å². The molecule has 2 aliphatic heterocycles. The highest BCUT2D eigenvalue weighted by Crippen LogP contribution is 2.46. The number of likely N-dealkylation sites (tertiary alicyclic amines) is 1. The van der Waals surface area contributed by atoms with E-state index in [-0.39, 0.29) is 0 Å². The third-order valence-electron chi connectivity index (χ3n) is 5.55. The lowest BCUT2D eigenvalue weighted by Gasteiger charge is -2.22. The van der Waals surface area contributed by atoms with Gasteiger partial charge in [0.05, 0.1) is 0 Å². The summed E-state index contributed by atoms with van der Waals surface area (Å²) in [5.74, 6) is 2.15. The molecule has 1 aromatic rings. The maximum absolute atomic E-state index is 3.59. The molecule has 3 atom stereocenters. The predicted octanol–water partition coefficient (Wildman–Crippen LogP) is 3.57. The Kier molecular flexibility index (Phi) is 2.71. The van der Waals surface area contributed by atoms with Crippen LogP contribution in [0.15, 0.2) is 23.8 Å². The van der Waals surface area contributed by atoms with Crippen molar-refractivity contribution in [2.24, 2.45) is 11.8 Å². The first kappa shape index (κ1) is 12.5. The largest absolute Gasteiger partial charge is 0.384 e. The molecular formula is C18H24N2. The summed E-state index contributed by atoms with van der Waals surface area (Å²) in [5.41, 5.74) is 6.10. The highest BCUT2D eigenvalue weighted by atomic mass is 15.2. The summed E-state index contributed by atoms with van der Waals surface area (Å²) in [7, 11) is 2.31. The van der Waals surface area contributed by atoms with Crippen LogP contribution in [-0.2, 0) is 0 Å². The number of rotatable bonds is 1. The van der Waals surface area contributed by atoms with Gasteiger partial charge >= 0.3 is 0 Å². The van der Waals surface area contributed by atoms with Crippen molar-refractivity contribution in [2.45, 2.75) is 32.2 Å². The Morgan fingerprint density at radius 3 is 2.95 bits per heavy atom. The van der Waals surface area contributed by atoms with E-state index in [1.807, 2.05) is 0 Å². The zero-order chi connectivity index (χ0) is 13.9. The molecule has 0 radical (unpaired) electrons. The highest BCUT2D eigenvalue weighted by molar-refractivity contribution is 5.72. The van der Waals surface area contributed by atoms with Gasteiger partial charge in [0.25, 0.3) is 0 Å².